The number of nitrogens with zero attached hydrogens (tertiary/aromatic N) is 2. The topological polar surface area (TPSA) is 81.4 Å². The number of rotatable bonds is 2. The smallest absolute Gasteiger partial charge is 0.341 e. The van der Waals surface area contributed by atoms with E-state index in [0.29, 0.717) is 18.6 Å². The number of aromatic carboxylic acids is 1. The van der Waals surface area contributed by atoms with Crippen LogP contribution in [0.3, 0.4) is 0 Å². The monoisotopic (exact) mass is 362 g/mol. The second-order valence-electron chi connectivity index (χ2n) is 7.28. The summed E-state index contributed by atoms with van der Waals surface area (Å²) in [7, 11) is 0. The van der Waals surface area contributed by atoms with Crippen molar-refractivity contribution in [3.8, 4) is 11.1 Å². The molecule has 5 rings (SSSR count). The molecule has 0 saturated heterocycles. The molecule has 2 aliphatic rings. The fourth-order valence-electron chi connectivity index (χ4n) is 3.95. The third-order valence-electron chi connectivity index (χ3n) is 5.39. The molecule has 2 aromatic heterocycles. The third kappa shape index (κ3) is 2.48. The van der Waals surface area contributed by atoms with E-state index < -0.39 is 11.4 Å². The molecule has 1 aliphatic carbocycles. The van der Waals surface area contributed by atoms with E-state index >= 15 is 0 Å². The fraction of sp³-hybridized carbons (Fsp3) is 0.286. The first-order valence-corrected chi connectivity index (χ1v) is 9.02. The van der Waals surface area contributed by atoms with Crippen molar-refractivity contribution >= 4 is 16.9 Å². The average molecular weight is 362 g/mol. The SMILES string of the molecule is Cc1cc2c(cn1)-c1ccc3c(=O)c(C(=O)O)cn(C4CC4)c3c1COC2. The molecule has 27 heavy (non-hydrogen) atoms. The van der Waals surface area contributed by atoms with Gasteiger partial charge in [-0.05, 0) is 43.0 Å². The number of hydrogen-bond donors (Lipinski definition) is 1. The van der Waals surface area contributed by atoms with Gasteiger partial charge in [-0.3, -0.25) is 9.78 Å². The second-order valence-corrected chi connectivity index (χ2v) is 7.28. The molecule has 6 heteroatoms. The zero-order valence-corrected chi connectivity index (χ0v) is 14.9. The van der Waals surface area contributed by atoms with Crippen molar-refractivity contribution < 1.29 is 14.6 Å². The van der Waals surface area contributed by atoms with Crippen LogP contribution in [0, 0.1) is 6.92 Å². The Morgan fingerprint density at radius 1 is 1.26 bits per heavy atom. The van der Waals surface area contributed by atoms with E-state index in [1.54, 1.807) is 6.07 Å². The lowest BCUT2D eigenvalue weighted by Crippen LogP contribution is -2.19. The molecule has 1 N–H and O–H groups in total. The van der Waals surface area contributed by atoms with Crippen molar-refractivity contribution in [3.63, 3.8) is 0 Å². The van der Waals surface area contributed by atoms with Crippen molar-refractivity contribution in [3.05, 3.63) is 63.2 Å². The Hall–Kier alpha value is -2.99. The Labute approximate surface area is 155 Å². The Bertz CT molecular complexity index is 1170. The summed E-state index contributed by atoms with van der Waals surface area (Å²) >= 11 is 0. The number of carboxylic acid groups (broad SMARTS) is 1. The van der Waals surface area contributed by atoms with Crippen LogP contribution in [0.1, 0.15) is 46.1 Å². The number of aryl methyl sites for hydroxylation is 1. The molecular weight excluding hydrogens is 344 g/mol. The number of pyridine rings is 2. The summed E-state index contributed by atoms with van der Waals surface area (Å²) in [5.41, 5.74) is 5.11. The maximum absolute atomic E-state index is 12.8. The van der Waals surface area contributed by atoms with Gasteiger partial charge in [-0.2, -0.15) is 0 Å². The maximum Gasteiger partial charge on any atom is 0.341 e. The van der Waals surface area contributed by atoms with Gasteiger partial charge in [0.2, 0.25) is 5.43 Å². The van der Waals surface area contributed by atoms with E-state index in [9.17, 15) is 14.7 Å². The second kappa shape index (κ2) is 5.76. The zero-order chi connectivity index (χ0) is 18.7. The molecular formula is C21H18N2O4. The van der Waals surface area contributed by atoms with Crippen molar-refractivity contribution in [1.29, 1.82) is 0 Å². The van der Waals surface area contributed by atoms with E-state index in [4.69, 9.17) is 4.74 Å². The van der Waals surface area contributed by atoms with Gasteiger partial charge >= 0.3 is 5.97 Å². The summed E-state index contributed by atoms with van der Waals surface area (Å²) in [4.78, 5) is 28.8. The van der Waals surface area contributed by atoms with Crippen LogP contribution in [0.4, 0.5) is 0 Å². The van der Waals surface area contributed by atoms with Crippen molar-refractivity contribution in [2.24, 2.45) is 0 Å². The molecule has 1 aliphatic heterocycles. The molecule has 6 nitrogen and oxygen atoms in total. The Kier molecular flexibility index (Phi) is 3.45. The molecule has 0 atom stereocenters. The third-order valence-corrected chi connectivity index (χ3v) is 5.39. The molecule has 1 aromatic carbocycles. The molecule has 0 bridgehead atoms. The van der Waals surface area contributed by atoms with Crippen LogP contribution in [-0.2, 0) is 18.0 Å². The van der Waals surface area contributed by atoms with Gasteiger partial charge in [-0.25, -0.2) is 4.79 Å². The van der Waals surface area contributed by atoms with Gasteiger partial charge in [-0.15, -0.1) is 0 Å². The minimum absolute atomic E-state index is 0.179. The quantitative estimate of drug-likeness (QED) is 0.755. The minimum atomic E-state index is -1.19. The highest BCUT2D eigenvalue weighted by Gasteiger charge is 2.29. The molecule has 1 fully saturated rings. The number of ether oxygens (including phenoxy) is 1. The molecule has 3 heterocycles. The summed E-state index contributed by atoms with van der Waals surface area (Å²) < 4.78 is 7.89. The Morgan fingerprint density at radius 3 is 2.81 bits per heavy atom. The van der Waals surface area contributed by atoms with Crippen molar-refractivity contribution in [1.82, 2.24) is 9.55 Å². The Morgan fingerprint density at radius 2 is 2.07 bits per heavy atom. The lowest BCUT2D eigenvalue weighted by Gasteiger charge is -2.17. The first-order chi connectivity index (χ1) is 13.0. The fourth-order valence-corrected chi connectivity index (χ4v) is 3.95. The van der Waals surface area contributed by atoms with Gasteiger partial charge in [-0.1, -0.05) is 6.07 Å². The highest BCUT2D eigenvalue weighted by Crippen LogP contribution is 2.41. The first-order valence-electron chi connectivity index (χ1n) is 9.02. The predicted molar refractivity (Wildman–Crippen MR) is 99.9 cm³/mol. The number of hydrogen-bond acceptors (Lipinski definition) is 4. The molecule has 136 valence electrons. The van der Waals surface area contributed by atoms with Crippen LogP contribution in [0.2, 0.25) is 0 Å². The van der Waals surface area contributed by atoms with Crippen LogP contribution in [0.5, 0.6) is 0 Å². The number of benzene rings is 1. The van der Waals surface area contributed by atoms with E-state index in [2.05, 4.69) is 4.98 Å². The van der Waals surface area contributed by atoms with Crippen molar-refractivity contribution in [2.75, 3.05) is 0 Å². The minimum Gasteiger partial charge on any atom is -0.477 e. The first kappa shape index (κ1) is 16.2. The van der Waals surface area contributed by atoms with E-state index in [0.717, 1.165) is 46.3 Å². The summed E-state index contributed by atoms with van der Waals surface area (Å²) in [6, 6.07) is 5.90. The van der Waals surface area contributed by atoms with E-state index in [1.165, 1.54) is 6.20 Å². The molecule has 0 radical (unpaired) electrons. The van der Waals surface area contributed by atoms with E-state index in [1.807, 2.05) is 29.8 Å². The Balaban J connectivity index is 1.88. The van der Waals surface area contributed by atoms with Gasteiger partial charge in [0.1, 0.15) is 5.56 Å². The largest absolute Gasteiger partial charge is 0.477 e. The molecule has 0 spiro atoms. The van der Waals surface area contributed by atoms with Gasteiger partial charge in [0, 0.05) is 40.6 Å². The summed E-state index contributed by atoms with van der Waals surface area (Å²) in [5, 5.41) is 9.88. The molecule has 0 amide bonds. The molecule has 0 unspecified atom stereocenters. The normalized spacial score (nSPS) is 15.9. The summed E-state index contributed by atoms with van der Waals surface area (Å²) in [6.45, 7) is 2.80. The molecule has 1 saturated carbocycles. The van der Waals surface area contributed by atoms with Crippen LogP contribution in [0.25, 0.3) is 22.0 Å². The number of aromatic nitrogens is 2. The maximum atomic E-state index is 12.8. The van der Waals surface area contributed by atoms with E-state index in [-0.39, 0.29) is 11.6 Å². The standard InChI is InChI=1S/C21H18N2O4/c1-11-6-12-9-27-10-18-14(16(12)7-22-11)4-5-15-19(18)23(13-2-3-13)8-17(20(15)24)21(25)26/h4-8,13H,2-3,9-10H2,1H3,(H,25,26). The lowest BCUT2D eigenvalue weighted by molar-refractivity contribution is 0.0695. The highest BCUT2D eigenvalue weighted by atomic mass is 16.5. The van der Waals surface area contributed by atoms with Crippen LogP contribution in [-0.4, -0.2) is 20.6 Å². The summed E-state index contributed by atoms with van der Waals surface area (Å²) in [5.74, 6) is -1.19. The van der Waals surface area contributed by atoms with Gasteiger partial charge in [0.25, 0.3) is 0 Å². The highest BCUT2D eigenvalue weighted by molar-refractivity contribution is 5.96. The lowest BCUT2D eigenvalue weighted by atomic mass is 9.95. The van der Waals surface area contributed by atoms with Gasteiger partial charge < -0.3 is 14.4 Å². The summed E-state index contributed by atoms with van der Waals surface area (Å²) in [6.07, 6.45) is 5.33. The van der Waals surface area contributed by atoms with Crippen molar-refractivity contribution in [2.45, 2.75) is 39.0 Å². The number of carbonyl (C=O) groups is 1. The zero-order valence-electron chi connectivity index (χ0n) is 14.9. The van der Waals surface area contributed by atoms with Gasteiger partial charge in [0.15, 0.2) is 0 Å². The number of carboxylic acids is 1. The van der Waals surface area contributed by atoms with Crippen LogP contribution in [0.15, 0.2) is 35.4 Å². The molecule has 3 aromatic rings. The average Bonchev–Trinajstić information content (AvgIpc) is 3.47. The van der Waals surface area contributed by atoms with Gasteiger partial charge in [0.05, 0.1) is 18.7 Å². The number of fused-ring (bicyclic) bond motifs is 5. The predicted octanol–water partition coefficient (Wildman–Crippen LogP) is 3.44. The van der Waals surface area contributed by atoms with Crippen LogP contribution >= 0.6 is 0 Å². The van der Waals surface area contributed by atoms with Crippen LogP contribution < -0.4 is 5.43 Å².